The Labute approximate surface area is 86.0 Å². The van der Waals surface area contributed by atoms with Gasteiger partial charge in [-0.25, -0.2) is 0 Å². The fourth-order valence-electron chi connectivity index (χ4n) is 0.999. The van der Waals surface area contributed by atoms with Crippen molar-refractivity contribution in [2.75, 3.05) is 0 Å². The maximum atomic E-state index is 10.6. The molecule has 0 heterocycles. The molecule has 0 aromatic heterocycles. The first-order chi connectivity index (χ1) is 5.54. The smallest absolute Gasteiger partial charge is 0.223 e. The molecule has 0 aromatic rings. The van der Waals surface area contributed by atoms with Gasteiger partial charge in [-0.1, -0.05) is 24.3 Å². The first-order valence-electron chi connectivity index (χ1n) is 3.42. The van der Waals surface area contributed by atoms with Crippen LogP contribution in [0.5, 0.6) is 0 Å². The number of alkyl halides is 2. The molecule has 1 rings (SSSR count). The summed E-state index contributed by atoms with van der Waals surface area (Å²) in [4.78, 5) is 9.78. The lowest BCUT2D eigenvalue weighted by Crippen LogP contribution is -2.32. The summed E-state index contributed by atoms with van der Waals surface area (Å²) in [5.74, 6) is 0. The minimum absolute atomic E-state index is 0.0467. The van der Waals surface area contributed by atoms with Crippen LogP contribution in [-0.2, 0) is 4.79 Å². The summed E-state index contributed by atoms with van der Waals surface area (Å²) in [7, 11) is 0. The van der Waals surface area contributed by atoms with E-state index in [1.807, 2.05) is 0 Å². The lowest BCUT2D eigenvalue weighted by molar-refractivity contribution is -0.112. The first-order valence-corrected chi connectivity index (χ1v) is 4.61. The maximum absolute atomic E-state index is 10.6. The Bertz CT molecular complexity index is 247. The van der Waals surface area contributed by atoms with Gasteiger partial charge in [0.2, 0.25) is 5.24 Å². The van der Waals surface area contributed by atoms with E-state index >= 15 is 0 Å². The van der Waals surface area contributed by atoms with E-state index in [2.05, 4.69) is 0 Å². The van der Waals surface area contributed by atoms with Crippen LogP contribution in [0, 0.1) is 0 Å². The summed E-state index contributed by atoms with van der Waals surface area (Å²) < 4.78 is 0. The zero-order valence-electron chi connectivity index (χ0n) is 6.14. The summed E-state index contributed by atoms with van der Waals surface area (Å²) in [5.41, 5.74) is 0. The van der Waals surface area contributed by atoms with Gasteiger partial charge < -0.3 is 0 Å². The molecule has 2 atom stereocenters. The van der Waals surface area contributed by atoms with E-state index in [-0.39, 0.29) is 11.8 Å². The number of carbonyl (C=O) groups is 1. The zero-order valence-corrected chi connectivity index (χ0v) is 8.40. The summed E-state index contributed by atoms with van der Waals surface area (Å²) >= 11 is 17.2. The fourth-order valence-corrected chi connectivity index (χ4v) is 1.79. The van der Waals surface area contributed by atoms with E-state index in [0.29, 0.717) is 0 Å². The minimum atomic E-state index is -0.852. The van der Waals surface area contributed by atoms with Crippen LogP contribution in [0.15, 0.2) is 24.3 Å². The molecular formula is C8H7Cl3O. The van der Waals surface area contributed by atoms with Crippen LogP contribution in [0.4, 0.5) is 0 Å². The summed E-state index contributed by atoms with van der Waals surface area (Å²) in [6, 6.07) is 0. The molecule has 0 saturated heterocycles. The molecule has 2 unspecified atom stereocenters. The molecule has 0 aliphatic heterocycles. The second kappa shape index (κ2) is 3.82. The third kappa shape index (κ3) is 2.25. The van der Waals surface area contributed by atoms with Gasteiger partial charge in [0.1, 0.15) is 0 Å². The normalized spacial score (nSPS) is 33.8. The summed E-state index contributed by atoms with van der Waals surface area (Å²) in [6.07, 6.45) is 7.01. The van der Waals surface area contributed by atoms with Crippen molar-refractivity contribution in [2.45, 2.75) is 16.7 Å². The highest BCUT2D eigenvalue weighted by Crippen LogP contribution is 2.34. The molecule has 66 valence electrons. The SMILES string of the molecule is O=C(Cl)CC1(Cl)C=CC=CC1Cl. The lowest BCUT2D eigenvalue weighted by Gasteiger charge is -2.26. The number of allylic oxidation sites excluding steroid dienone is 4. The molecule has 0 N–H and O–H groups in total. The lowest BCUT2D eigenvalue weighted by atomic mass is 9.96. The van der Waals surface area contributed by atoms with E-state index in [1.165, 1.54) is 0 Å². The van der Waals surface area contributed by atoms with Gasteiger partial charge in [-0.15, -0.1) is 23.2 Å². The van der Waals surface area contributed by atoms with Crippen molar-refractivity contribution in [1.29, 1.82) is 0 Å². The first kappa shape index (κ1) is 10.1. The summed E-state index contributed by atoms with van der Waals surface area (Å²) in [5, 5.41) is -0.859. The van der Waals surface area contributed by atoms with Crippen LogP contribution in [-0.4, -0.2) is 15.5 Å². The molecule has 0 amide bonds. The molecule has 0 aromatic carbocycles. The van der Waals surface area contributed by atoms with Crippen LogP contribution in [0.1, 0.15) is 6.42 Å². The van der Waals surface area contributed by atoms with Crippen LogP contribution in [0.2, 0.25) is 0 Å². The van der Waals surface area contributed by atoms with Crippen LogP contribution < -0.4 is 0 Å². The molecule has 0 fully saturated rings. The molecule has 0 bridgehead atoms. The Hall–Kier alpha value is 0.0200. The quantitative estimate of drug-likeness (QED) is 0.522. The van der Waals surface area contributed by atoms with Gasteiger partial charge in [0.05, 0.1) is 10.3 Å². The van der Waals surface area contributed by atoms with Crippen molar-refractivity contribution in [3.63, 3.8) is 0 Å². The topological polar surface area (TPSA) is 17.1 Å². The van der Waals surface area contributed by atoms with E-state index in [9.17, 15) is 4.79 Å². The van der Waals surface area contributed by atoms with Gasteiger partial charge in [0.25, 0.3) is 0 Å². The maximum Gasteiger partial charge on any atom is 0.223 e. The van der Waals surface area contributed by atoms with Crippen LogP contribution in [0.25, 0.3) is 0 Å². The average molecular weight is 226 g/mol. The van der Waals surface area contributed by atoms with E-state index in [1.54, 1.807) is 24.3 Å². The average Bonchev–Trinajstić information content (AvgIpc) is 1.94. The molecule has 12 heavy (non-hydrogen) atoms. The van der Waals surface area contributed by atoms with Crippen molar-refractivity contribution in [3.05, 3.63) is 24.3 Å². The summed E-state index contributed by atoms with van der Waals surface area (Å²) in [6.45, 7) is 0. The van der Waals surface area contributed by atoms with E-state index < -0.39 is 10.1 Å². The molecule has 4 heteroatoms. The van der Waals surface area contributed by atoms with Crippen LogP contribution in [0.3, 0.4) is 0 Å². The molecule has 0 radical (unpaired) electrons. The predicted molar refractivity (Wildman–Crippen MR) is 52.0 cm³/mol. The van der Waals surface area contributed by atoms with Gasteiger partial charge in [0.15, 0.2) is 0 Å². The monoisotopic (exact) mass is 224 g/mol. The van der Waals surface area contributed by atoms with Crippen molar-refractivity contribution < 1.29 is 4.79 Å². The minimum Gasteiger partial charge on any atom is -0.281 e. The van der Waals surface area contributed by atoms with Crippen molar-refractivity contribution >= 4 is 40.0 Å². The van der Waals surface area contributed by atoms with Gasteiger partial charge in [-0.05, 0) is 11.6 Å². The van der Waals surface area contributed by atoms with E-state index in [0.717, 1.165) is 0 Å². The highest BCUT2D eigenvalue weighted by Gasteiger charge is 2.34. The highest BCUT2D eigenvalue weighted by atomic mass is 35.5. The Morgan fingerprint density at radius 1 is 1.50 bits per heavy atom. The molecular weight excluding hydrogens is 218 g/mol. The number of rotatable bonds is 2. The standard InChI is InChI=1S/C8H7Cl3O/c9-6-3-1-2-4-8(6,11)5-7(10)12/h1-4,6H,5H2. The fraction of sp³-hybridized carbons (Fsp3) is 0.375. The van der Waals surface area contributed by atoms with Crippen molar-refractivity contribution in [3.8, 4) is 0 Å². The molecule has 1 aliphatic carbocycles. The Morgan fingerprint density at radius 3 is 2.67 bits per heavy atom. The van der Waals surface area contributed by atoms with Crippen molar-refractivity contribution in [2.24, 2.45) is 0 Å². The Kier molecular flexibility index (Phi) is 3.22. The Balaban J connectivity index is 2.76. The zero-order chi connectivity index (χ0) is 9.19. The Morgan fingerprint density at radius 2 is 2.17 bits per heavy atom. The second-order valence-corrected chi connectivity index (χ2v) is 4.20. The van der Waals surface area contributed by atoms with Crippen molar-refractivity contribution in [1.82, 2.24) is 0 Å². The second-order valence-electron chi connectivity index (χ2n) is 2.60. The van der Waals surface area contributed by atoms with Gasteiger partial charge in [-0.2, -0.15) is 0 Å². The van der Waals surface area contributed by atoms with Crippen LogP contribution >= 0.6 is 34.8 Å². The third-order valence-electron chi connectivity index (χ3n) is 1.63. The largest absolute Gasteiger partial charge is 0.281 e. The molecule has 0 saturated carbocycles. The third-order valence-corrected chi connectivity index (χ3v) is 2.91. The molecule has 1 nitrogen and oxygen atoms in total. The van der Waals surface area contributed by atoms with Gasteiger partial charge in [-0.3, -0.25) is 4.79 Å². The number of hydrogen-bond acceptors (Lipinski definition) is 1. The van der Waals surface area contributed by atoms with E-state index in [4.69, 9.17) is 34.8 Å². The van der Waals surface area contributed by atoms with Gasteiger partial charge in [0, 0.05) is 6.42 Å². The number of halogens is 3. The number of carbonyl (C=O) groups excluding carboxylic acids is 1. The highest BCUT2D eigenvalue weighted by molar-refractivity contribution is 6.64. The van der Waals surface area contributed by atoms with Gasteiger partial charge >= 0.3 is 0 Å². The predicted octanol–water partition coefficient (Wildman–Crippen LogP) is 2.85. The molecule has 0 spiro atoms. The number of hydrogen-bond donors (Lipinski definition) is 0. The molecule has 1 aliphatic rings.